The number of nitrogens with one attached hydrogen (secondary N) is 1. The van der Waals surface area contributed by atoms with Crippen molar-refractivity contribution in [2.45, 2.75) is 19.3 Å². The van der Waals surface area contributed by atoms with Crippen molar-refractivity contribution in [2.24, 2.45) is 0 Å². The van der Waals surface area contributed by atoms with Crippen molar-refractivity contribution in [3.05, 3.63) is 18.7 Å². The van der Waals surface area contributed by atoms with E-state index in [2.05, 4.69) is 30.2 Å². The minimum atomic E-state index is 0.203. The number of hydrogen-bond acceptors (Lipinski definition) is 7. The van der Waals surface area contributed by atoms with E-state index in [-0.39, 0.29) is 5.95 Å². The van der Waals surface area contributed by atoms with Gasteiger partial charge in [0.2, 0.25) is 17.8 Å². The lowest BCUT2D eigenvalue weighted by Crippen LogP contribution is -2.34. The van der Waals surface area contributed by atoms with E-state index < -0.39 is 0 Å². The topological polar surface area (TPSA) is 97.8 Å². The zero-order valence-electron chi connectivity index (χ0n) is 11.9. The van der Waals surface area contributed by atoms with Crippen LogP contribution in [0.3, 0.4) is 0 Å². The molecule has 3 rings (SSSR count). The molecule has 112 valence electrons. The summed E-state index contributed by atoms with van der Waals surface area (Å²) < 4.78 is 1.70. The molecule has 0 atom stereocenters. The highest BCUT2D eigenvalue weighted by Crippen LogP contribution is 2.09. The van der Waals surface area contributed by atoms with Gasteiger partial charge in [-0.2, -0.15) is 15.0 Å². The summed E-state index contributed by atoms with van der Waals surface area (Å²) in [5.41, 5.74) is 5.73. The van der Waals surface area contributed by atoms with Crippen LogP contribution in [0, 0.1) is 0 Å². The van der Waals surface area contributed by atoms with Gasteiger partial charge in [-0.3, -0.25) is 4.57 Å². The predicted octanol–water partition coefficient (Wildman–Crippen LogP) is 0.537. The minimum Gasteiger partial charge on any atom is -0.368 e. The fraction of sp³-hybridized carbons (Fsp3) is 0.538. The molecule has 2 aromatic rings. The van der Waals surface area contributed by atoms with Gasteiger partial charge >= 0.3 is 0 Å². The third kappa shape index (κ3) is 3.66. The van der Waals surface area contributed by atoms with E-state index in [0.29, 0.717) is 11.9 Å². The first-order valence-electron chi connectivity index (χ1n) is 7.27. The van der Waals surface area contributed by atoms with Crippen molar-refractivity contribution < 1.29 is 0 Å². The van der Waals surface area contributed by atoms with Gasteiger partial charge in [-0.1, -0.05) is 6.42 Å². The first kappa shape index (κ1) is 13.7. The van der Waals surface area contributed by atoms with E-state index in [9.17, 15) is 0 Å². The summed E-state index contributed by atoms with van der Waals surface area (Å²) in [5.74, 6) is 1.18. The number of hydrogen-bond donors (Lipinski definition) is 2. The third-order valence-electron chi connectivity index (χ3n) is 3.54. The average Bonchev–Trinajstić information content (AvgIpc) is 3.02. The molecule has 3 heterocycles. The predicted molar refractivity (Wildman–Crippen MR) is 80.1 cm³/mol. The molecule has 0 aromatic carbocycles. The highest BCUT2D eigenvalue weighted by atomic mass is 15.3. The first-order valence-corrected chi connectivity index (χ1v) is 7.27. The van der Waals surface area contributed by atoms with Crippen molar-refractivity contribution in [3.8, 4) is 5.95 Å². The maximum absolute atomic E-state index is 5.73. The highest BCUT2D eigenvalue weighted by molar-refractivity contribution is 5.35. The van der Waals surface area contributed by atoms with Crippen LogP contribution in [0.2, 0.25) is 0 Å². The molecule has 8 heteroatoms. The van der Waals surface area contributed by atoms with E-state index in [4.69, 9.17) is 5.73 Å². The highest BCUT2D eigenvalue weighted by Gasteiger charge is 2.10. The second-order valence-corrected chi connectivity index (χ2v) is 5.12. The van der Waals surface area contributed by atoms with Crippen LogP contribution in [0.15, 0.2) is 18.7 Å². The lowest BCUT2D eigenvalue weighted by molar-refractivity contribution is 0.237. The molecule has 0 spiro atoms. The number of piperidine rings is 1. The van der Waals surface area contributed by atoms with Gasteiger partial charge in [0.25, 0.3) is 0 Å². The Labute approximate surface area is 123 Å². The molecule has 0 aliphatic carbocycles. The Morgan fingerprint density at radius 3 is 2.76 bits per heavy atom. The summed E-state index contributed by atoms with van der Waals surface area (Å²) in [5, 5.41) is 3.22. The van der Waals surface area contributed by atoms with Crippen LogP contribution in [-0.2, 0) is 0 Å². The molecular weight excluding hydrogens is 268 g/mol. The van der Waals surface area contributed by atoms with Crippen molar-refractivity contribution in [3.63, 3.8) is 0 Å². The zero-order valence-corrected chi connectivity index (χ0v) is 11.9. The molecule has 1 saturated heterocycles. The molecule has 0 saturated carbocycles. The number of likely N-dealkylation sites (tertiary alicyclic amines) is 1. The number of nitrogens with zero attached hydrogens (tertiary/aromatic N) is 6. The normalized spacial score (nSPS) is 16.0. The summed E-state index contributed by atoms with van der Waals surface area (Å²) >= 11 is 0. The first-order chi connectivity index (χ1) is 10.3. The Hall–Kier alpha value is -2.22. The second-order valence-electron chi connectivity index (χ2n) is 5.12. The lowest BCUT2D eigenvalue weighted by Gasteiger charge is -2.26. The monoisotopic (exact) mass is 288 g/mol. The Morgan fingerprint density at radius 2 is 2.00 bits per heavy atom. The van der Waals surface area contributed by atoms with Crippen LogP contribution < -0.4 is 11.1 Å². The van der Waals surface area contributed by atoms with Crippen LogP contribution in [-0.4, -0.2) is 55.6 Å². The van der Waals surface area contributed by atoms with Gasteiger partial charge in [0.05, 0.1) is 0 Å². The van der Waals surface area contributed by atoms with Crippen molar-refractivity contribution in [1.82, 2.24) is 29.4 Å². The molecular formula is C13H20N8. The van der Waals surface area contributed by atoms with Crippen LogP contribution >= 0.6 is 0 Å². The Kier molecular flexibility index (Phi) is 4.25. The van der Waals surface area contributed by atoms with Crippen LogP contribution in [0.4, 0.5) is 11.9 Å². The van der Waals surface area contributed by atoms with Gasteiger partial charge in [0.1, 0.15) is 6.33 Å². The number of rotatable bonds is 5. The zero-order chi connectivity index (χ0) is 14.5. The quantitative estimate of drug-likeness (QED) is 0.828. The Bertz CT molecular complexity index is 562. The van der Waals surface area contributed by atoms with E-state index >= 15 is 0 Å². The Morgan fingerprint density at radius 1 is 1.14 bits per heavy atom. The van der Waals surface area contributed by atoms with Crippen molar-refractivity contribution in [2.75, 3.05) is 37.2 Å². The van der Waals surface area contributed by atoms with Crippen LogP contribution in [0.25, 0.3) is 5.95 Å². The second kappa shape index (κ2) is 6.49. The standard InChI is InChI=1S/C13H20N8/c14-11-17-12(16-5-8-20-6-2-1-3-7-20)19-13(18-11)21-9-4-15-10-21/h4,9-10H,1-3,5-8H2,(H3,14,16,17,18,19). The number of anilines is 2. The van der Waals surface area contributed by atoms with Crippen LogP contribution in [0.5, 0.6) is 0 Å². The molecule has 21 heavy (non-hydrogen) atoms. The van der Waals surface area contributed by atoms with Gasteiger partial charge in [-0.25, -0.2) is 4.98 Å². The number of nitrogens with two attached hydrogens (primary N) is 1. The Balaban J connectivity index is 1.60. The molecule has 2 aromatic heterocycles. The van der Waals surface area contributed by atoms with Gasteiger partial charge < -0.3 is 16.0 Å². The van der Waals surface area contributed by atoms with Crippen molar-refractivity contribution >= 4 is 11.9 Å². The molecule has 1 aliphatic heterocycles. The number of aromatic nitrogens is 5. The van der Waals surface area contributed by atoms with Crippen LogP contribution in [0.1, 0.15) is 19.3 Å². The van der Waals surface area contributed by atoms with Gasteiger partial charge in [-0.15, -0.1) is 0 Å². The van der Waals surface area contributed by atoms with Gasteiger partial charge in [-0.05, 0) is 25.9 Å². The molecule has 1 fully saturated rings. The van der Waals surface area contributed by atoms with E-state index in [0.717, 1.165) is 13.1 Å². The summed E-state index contributed by atoms with van der Waals surface area (Å²) in [6.07, 6.45) is 9.01. The van der Waals surface area contributed by atoms with Gasteiger partial charge in [0, 0.05) is 25.5 Å². The summed E-state index contributed by atoms with van der Waals surface area (Å²) in [7, 11) is 0. The van der Waals surface area contributed by atoms with E-state index in [1.54, 1.807) is 23.3 Å². The molecule has 0 amide bonds. The number of nitrogen functional groups attached to an aromatic ring is 1. The van der Waals surface area contributed by atoms with Crippen molar-refractivity contribution in [1.29, 1.82) is 0 Å². The third-order valence-corrected chi connectivity index (χ3v) is 3.54. The molecule has 3 N–H and O–H groups in total. The summed E-state index contributed by atoms with van der Waals surface area (Å²) in [6.45, 7) is 4.15. The molecule has 1 aliphatic rings. The maximum atomic E-state index is 5.73. The molecule has 0 radical (unpaired) electrons. The smallest absolute Gasteiger partial charge is 0.241 e. The molecule has 8 nitrogen and oxygen atoms in total. The summed E-state index contributed by atoms with van der Waals surface area (Å²) in [4.78, 5) is 19.0. The fourth-order valence-corrected chi connectivity index (χ4v) is 2.46. The van der Waals surface area contributed by atoms with Gasteiger partial charge in [0.15, 0.2) is 0 Å². The lowest BCUT2D eigenvalue weighted by atomic mass is 10.1. The largest absolute Gasteiger partial charge is 0.368 e. The average molecular weight is 288 g/mol. The molecule has 0 unspecified atom stereocenters. The minimum absolute atomic E-state index is 0.203. The van der Waals surface area contributed by atoms with E-state index in [1.165, 1.54) is 32.4 Å². The molecule has 0 bridgehead atoms. The summed E-state index contributed by atoms with van der Waals surface area (Å²) in [6, 6.07) is 0. The maximum Gasteiger partial charge on any atom is 0.241 e. The number of imidazole rings is 1. The SMILES string of the molecule is Nc1nc(NCCN2CCCCC2)nc(-n2ccnc2)n1. The fourth-order valence-electron chi connectivity index (χ4n) is 2.46. The van der Waals surface area contributed by atoms with E-state index in [1.807, 2.05) is 0 Å².